The van der Waals surface area contributed by atoms with Crippen molar-refractivity contribution in [2.24, 2.45) is 0 Å². The molecule has 1 atom stereocenters. The molecular weight excluding hydrogens is 374 g/mol. The largest absolute Gasteiger partial charge is 0.451 e. The van der Waals surface area contributed by atoms with Gasteiger partial charge < -0.3 is 15.0 Å². The Balaban J connectivity index is 1.74. The van der Waals surface area contributed by atoms with E-state index in [0.29, 0.717) is 5.82 Å². The van der Waals surface area contributed by atoms with E-state index >= 15 is 0 Å². The van der Waals surface area contributed by atoms with E-state index < -0.39 is 24.0 Å². The van der Waals surface area contributed by atoms with Gasteiger partial charge in [0.1, 0.15) is 6.54 Å². The standard InChI is InChI=1S/C17H24ClN5O4/c1-11(16(25)20-17(26)19-12-6-4-3-5-7-12)27-15(24)10-23(2)14-9-8-13(18)21-22-14/h8-9,11-12H,3-7,10H2,1-2H3,(H2,19,20,25,26). The van der Waals surface area contributed by atoms with Crippen LogP contribution in [0.4, 0.5) is 10.6 Å². The number of ether oxygens (including phenoxy) is 1. The summed E-state index contributed by atoms with van der Waals surface area (Å²) in [5.74, 6) is -0.879. The van der Waals surface area contributed by atoms with E-state index in [2.05, 4.69) is 20.8 Å². The van der Waals surface area contributed by atoms with Crippen molar-refractivity contribution in [1.29, 1.82) is 0 Å². The van der Waals surface area contributed by atoms with Gasteiger partial charge in [-0.1, -0.05) is 30.9 Å². The summed E-state index contributed by atoms with van der Waals surface area (Å²) in [7, 11) is 1.63. The highest BCUT2D eigenvalue weighted by Crippen LogP contribution is 2.17. The Morgan fingerprint density at radius 3 is 2.59 bits per heavy atom. The molecule has 10 heteroatoms. The fourth-order valence-electron chi connectivity index (χ4n) is 2.76. The third-order valence-electron chi connectivity index (χ3n) is 4.23. The van der Waals surface area contributed by atoms with Gasteiger partial charge in [0.05, 0.1) is 0 Å². The lowest BCUT2D eigenvalue weighted by atomic mass is 9.96. The zero-order valence-electron chi connectivity index (χ0n) is 15.4. The Morgan fingerprint density at radius 2 is 1.96 bits per heavy atom. The summed E-state index contributed by atoms with van der Waals surface area (Å²) in [5.41, 5.74) is 0. The number of hydrogen-bond acceptors (Lipinski definition) is 7. The van der Waals surface area contributed by atoms with Crippen LogP contribution in [0.3, 0.4) is 0 Å². The van der Waals surface area contributed by atoms with E-state index in [1.807, 2.05) is 0 Å². The number of hydrogen-bond donors (Lipinski definition) is 2. The van der Waals surface area contributed by atoms with Crippen LogP contribution in [0.15, 0.2) is 12.1 Å². The molecule has 1 aromatic rings. The lowest BCUT2D eigenvalue weighted by Crippen LogP contribution is -2.48. The topological polar surface area (TPSA) is 114 Å². The fourth-order valence-corrected chi connectivity index (χ4v) is 2.86. The number of nitrogens with zero attached hydrogens (tertiary/aromatic N) is 3. The van der Waals surface area contributed by atoms with E-state index in [0.717, 1.165) is 25.7 Å². The molecule has 1 fully saturated rings. The summed E-state index contributed by atoms with van der Waals surface area (Å²) < 4.78 is 5.07. The van der Waals surface area contributed by atoms with Crippen molar-refractivity contribution in [1.82, 2.24) is 20.8 Å². The lowest BCUT2D eigenvalue weighted by molar-refractivity contribution is -0.153. The third-order valence-corrected chi connectivity index (χ3v) is 4.43. The molecule has 2 N–H and O–H groups in total. The molecule has 1 aliphatic rings. The number of anilines is 1. The molecule has 0 saturated heterocycles. The van der Waals surface area contributed by atoms with Crippen LogP contribution in [-0.4, -0.2) is 53.8 Å². The third kappa shape index (κ3) is 7.01. The monoisotopic (exact) mass is 397 g/mol. The quantitative estimate of drug-likeness (QED) is 0.701. The molecule has 3 amide bonds. The number of halogens is 1. The van der Waals surface area contributed by atoms with Gasteiger partial charge in [0.25, 0.3) is 5.91 Å². The fraction of sp³-hybridized carbons (Fsp3) is 0.588. The van der Waals surface area contributed by atoms with Gasteiger partial charge in [-0.05, 0) is 31.9 Å². The Labute approximate surface area is 162 Å². The predicted molar refractivity (Wildman–Crippen MR) is 99.4 cm³/mol. The molecule has 0 aliphatic heterocycles. The molecule has 0 aromatic carbocycles. The first-order chi connectivity index (χ1) is 12.8. The number of likely N-dealkylation sites (N-methyl/N-ethyl adjacent to an activating group) is 1. The average Bonchev–Trinajstić information content (AvgIpc) is 2.62. The molecule has 1 unspecified atom stereocenters. The molecule has 2 rings (SSSR count). The average molecular weight is 398 g/mol. The predicted octanol–water partition coefficient (Wildman–Crippen LogP) is 1.66. The number of urea groups is 1. The Hall–Kier alpha value is -2.42. The van der Waals surface area contributed by atoms with E-state index in [9.17, 15) is 14.4 Å². The van der Waals surface area contributed by atoms with Crippen LogP contribution in [0, 0.1) is 0 Å². The molecular formula is C17H24ClN5O4. The zero-order chi connectivity index (χ0) is 19.8. The summed E-state index contributed by atoms with van der Waals surface area (Å²) in [6.07, 6.45) is 4.02. The minimum absolute atomic E-state index is 0.0820. The first-order valence-electron chi connectivity index (χ1n) is 8.86. The molecule has 148 valence electrons. The minimum Gasteiger partial charge on any atom is -0.451 e. The second-order valence-corrected chi connectivity index (χ2v) is 6.89. The summed E-state index contributed by atoms with van der Waals surface area (Å²) in [6.45, 7) is 1.27. The Morgan fingerprint density at radius 1 is 1.26 bits per heavy atom. The van der Waals surface area contributed by atoms with Gasteiger partial charge in [0.15, 0.2) is 17.1 Å². The first-order valence-corrected chi connectivity index (χ1v) is 9.24. The van der Waals surface area contributed by atoms with Crippen LogP contribution >= 0.6 is 11.6 Å². The van der Waals surface area contributed by atoms with E-state index in [1.54, 1.807) is 19.2 Å². The highest BCUT2D eigenvalue weighted by molar-refractivity contribution is 6.29. The number of amides is 3. The molecule has 1 heterocycles. The van der Waals surface area contributed by atoms with Gasteiger partial charge in [-0.15, -0.1) is 10.2 Å². The maximum Gasteiger partial charge on any atom is 0.326 e. The molecule has 1 aromatic heterocycles. The van der Waals surface area contributed by atoms with Crippen LogP contribution in [0.5, 0.6) is 0 Å². The van der Waals surface area contributed by atoms with E-state index in [4.69, 9.17) is 16.3 Å². The minimum atomic E-state index is -1.10. The molecule has 0 bridgehead atoms. The van der Waals surface area contributed by atoms with Crippen LogP contribution in [0.1, 0.15) is 39.0 Å². The number of carbonyl (C=O) groups is 3. The lowest BCUT2D eigenvalue weighted by Gasteiger charge is -2.23. The van der Waals surface area contributed by atoms with Crippen molar-refractivity contribution >= 4 is 35.3 Å². The number of imide groups is 1. The summed E-state index contributed by atoms with van der Waals surface area (Å²) in [4.78, 5) is 37.4. The Bertz CT molecular complexity index is 664. The van der Waals surface area contributed by atoms with Crippen molar-refractivity contribution in [3.8, 4) is 0 Å². The molecule has 1 aliphatic carbocycles. The summed E-state index contributed by atoms with van der Waals surface area (Å²) >= 11 is 5.67. The zero-order valence-corrected chi connectivity index (χ0v) is 16.2. The number of carbonyl (C=O) groups excluding carboxylic acids is 3. The normalized spacial score (nSPS) is 15.5. The van der Waals surface area contributed by atoms with Crippen molar-refractivity contribution in [3.05, 3.63) is 17.3 Å². The Kier molecular flexibility index (Phi) is 7.78. The number of rotatable bonds is 6. The smallest absolute Gasteiger partial charge is 0.326 e. The van der Waals surface area contributed by atoms with Crippen LogP contribution in [0.2, 0.25) is 5.15 Å². The molecule has 0 radical (unpaired) electrons. The number of nitrogens with one attached hydrogen (secondary N) is 2. The van der Waals surface area contributed by atoms with Crippen molar-refractivity contribution in [3.63, 3.8) is 0 Å². The van der Waals surface area contributed by atoms with Crippen LogP contribution < -0.4 is 15.5 Å². The van der Waals surface area contributed by atoms with Gasteiger partial charge >= 0.3 is 12.0 Å². The van der Waals surface area contributed by atoms with Crippen molar-refractivity contribution in [2.75, 3.05) is 18.5 Å². The molecule has 1 saturated carbocycles. The summed E-state index contributed by atoms with van der Waals surface area (Å²) in [6, 6.07) is 2.67. The maximum absolute atomic E-state index is 12.0. The number of aromatic nitrogens is 2. The van der Waals surface area contributed by atoms with Crippen LogP contribution in [0.25, 0.3) is 0 Å². The van der Waals surface area contributed by atoms with E-state index in [1.165, 1.54) is 18.2 Å². The maximum atomic E-state index is 12.0. The molecule has 27 heavy (non-hydrogen) atoms. The second-order valence-electron chi connectivity index (χ2n) is 6.50. The van der Waals surface area contributed by atoms with Gasteiger partial charge in [-0.25, -0.2) is 4.79 Å². The highest BCUT2D eigenvalue weighted by Gasteiger charge is 2.22. The van der Waals surface area contributed by atoms with Crippen molar-refractivity contribution in [2.45, 2.75) is 51.2 Å². The van der Waals surface area contributed by atoms with E-state index in [-0.39, 0.29) is 17.7 Å². The van der Waals surface area contributed by atoms with Gasteiger partial charge in [-0.3, -0.25) is 14.9 Å². The highest BCUT2D eigenvalue weighted by atomic mass is 35.5. The first kappa shape index (κ1) is 20.9. The molecule has 9 nitrogen and oxygen atoms in total. The number of esters is 1. The van der Waals surface area contributed by atoms with Gasteiger partial charge in [0, 0.05) is 13.1 Å². The van der Waals surface area contributed by atoms with Crippen molar-refractivity contribution < 1.29 is 19.1 Å². The summed E-state index contributed by atoms with van der Waals surface area (Å²) in [5, 5.41) is 12.8. The van der Waals surface area contributed by atoms with Gasteiger partial charge in [0.2, 0.25) is 0 Å². The molecule has 0 spiro atoms. The SMILES string of the molecule is CC(OC(=O)CN(C)c1ccc(Cl)nn1)C(=O)NC(=O)NC1CCCCC1. The van der Waals surface area contributed by atoms with Gasteiger partial charge in [-0.2, -0.15) is 0 Å². The second kappa shape index (κ2) is 10.1. The van der Waals surface area contributed by atoms with Crippen LogP contribution in [-0.2, 0) is 14.3 Å².